The van der Waals surface area contributed by atoms with Crippen LogP contribution >= 0.6 is 0 Å². The first kappa shape index (κ1) is 15.6. The molecule has 3 heterocycles. The summed E-state index contributed by atoms with van der Waals surface area (Å²) in [5, 5.41) is 6.12. The lowest BCUT2D eigenvalue weighted by atomic mass is 10.2. The second-order valence-electron chi connectivity index (χ2n) is 5.18. The molecule has 120 valence electrons. The molecule has 3 aromatic rings. The van der Waals surface area contributed by atoms with Crippen molar-refractivity contribution in [2.75, 3.05) is 5.32 Å². The Morgan fingerprint density at radius 2 is 1.46 bits per heavy atom. The molecule has 6 heteroatoms. The van der Waals surface area contributed by atoms with Crippen molar-refractivity contribution in [2.24, 2.45) is 0 Å². The van der Waals surface area contributed by atoms with Gasteiger partial charge in [-0.25, -0.2) is 0 Å². The number of hydrogen-bond donors (Lipinski definition) is 2. The summed E-state index contributed by atoms with van der Waals surface area (Å²) in [4.78, 5) is 24.3. The Balaban J connectivity index is 1.59. The summed E-state index contributed by atoms with van der Waals surface area (Å²) < 4.78 is 0. The van der Waals surface area contributed by atoms with Crippen LogP contribution in [-0.2, 0) is 13.1 Å². The van der Waals surface area contributed by atoms with E-state index in [9.17, 15) is 4.79 Å². The highest BCUT2D eigenvalue weighted by Gasteiger charge is 2.07. The SMILES string of the molecule is O=C(NCc1ccncc1)c1cc(NCc2ccncc2)ccn1. The van der Waals surface area contributed by atoms with Crippen molar-refractivity contribution in [3.63, 3.8) is 0 Å². The van der Waals surface area contributed by atoms with Crippen LogP contribution in [0.5, 0.6) is 0 Å². The third-order valence-corrected chi connectivity index (χ3v) is 3.44. The van der Waals surface area contributed by atoms with Crippen molar-refractivity contribution in [1.82, 2.24) is 20.3 Å². The molecule has 2 N–H and O–H groups in total. The molecule has 1 amide bonds. The van der Waals surface area contributed by atoms with Crippen molar-refractivity contribution in [3.8, 4) is 0 Å². The van der Waals surface area contributed by atoms with Crippen molar-refractivity contribution in [2.45, 2.75) is 13.1 Å². The molecule has 3 rings (SSSR count). The number of carbonyl (C=O) groups excluding carboxylic acids is 1. The highest BCUT2D eigenvalue weighted by Crippen LogP contribution is 2.10. The average molecular weight is 319 g/mol. The highest BCUT2D eigenvalue weighted by atomic mass is 16.1. The quantitative estimate of drug-likeness (QED) is 0.729. The van der Waals surface area contributed by atoms with Gasteiger partial charge in [0.1, 0.15) is 5.69 Å². The Labute approximate surface area is 140 Å². The number of nitrogens with one attached hydrogen (secondary N) is 2. The van der Waals surface area contributed by atoms with Gasteiger partial charge in [0.2, 0.25) is 0 Å². The van der Waals surface area contributed by atoms with E-state index < -0.39 is 0 Å². The molecule has 0 aliphatic rings. The van der Waals surface area contributed by atoms with E-state index in [2.05, 4.69) is 25.6 Å². The van der Waals surface area contributed by atoms with Crippen LogP contribution in [0, 0.1) is 0 Å². The van der Waals surface area contributed by atoms with Crippen molar-refractivity contribution < 1.29 is 4.79 Å². The molecule has 0 atom stereocenters. The Kier molecular flexibility index (Phi) is 5.09. The van der Waals surface area contributed by atoms with Gasteiger partial charge in [-0.3, -0.25) is 19.7 Å². The number of amides is 1. The minimum atomic E-state index is -0.209. The molecule has 0 saturated heterocycles. The number of anilines is 1. The molecule has 0 radical (unpaired) electrons. The van der Waals surface area contributed by atoms with E-state index in [1.54, 1.807) is 37.1 Å². The number of pyridine rings is 3. The van der Waals surface area contributed by atoms with Gasteiger partial charge >= 0.3 is 0 Å². The molecule has 24 heavy (non-hydrogen) atoms. The Morgan fingerprint density at radius 3 is 2.12 bits per heavy atom. The monoisotopic (exact) mass is 319 g/mol. The fourth-order valence-electron chi connectivity index (χ4n) is 2.14. The van der Waals surface area contributed by atoms with Gasteiger partial charge in [0, 0.05) is 49.8 Å². The van der Waals surface area contributed by atoms with Gasteiger partial charge in [0.15, 0.2) is 0 Å². The molecule has 0 saturated carbocycles. The highest BCUT2D eigenvalue weighted by molar-refractivity contribution is 5.93. The number of aromatic nitrogens is 3. The zero-order valence-electron chi connectivity index (χ0n) is 13.0. The molecule has 6 nitrogen and oxygen atoms in total. The van der Waals surface area contributed by atoms with Crippen LogP contribution in [0.15, 0.2) is 67.4 Å². The van der Waals surface area contributed by atoms with Gasteiger partial charge in [-0.05, 0) is 47.5 Å². The van der Waals surface area contributed by atoms with Crippen molar-refractivity contribution in [3.05, 3.63) is 84.2 Å². The second kappa shape index (κ2) is 7.82. The Bertz CT molecular complexity index is 793. The van der Waals surface area contributed by atoms with Crippen molar-refractivity contribution in [1.29, 1.82) is 0 Å². The third kappa shape index (κ3) is 4.36. The van der Waals surface area contributed by atoms with Crippen LogP contribution in [0.25, 0.3) is 0 Å². The number of hydrogen-bond acceptors (Lipinski definition) is 5. The molecule has 0 bridgehead atoms. The first-order chi connectivity index (χ1) is 11.8. The smallest absolute Gasteiger partial charge is 0.270 e. The van der Waals surface area contributed by atoms with E-state index in [0.29, 0.717) is 18.8 Å². The maximum absolute atomic E-state index is 12.2. The molecule has 0 spiro atoms. The molecule has 3 aromatic heterocycles. The zero-order valence-corrected chi connectivity index (χ0v) is 13.0. The lowest BCUT2D eigenvalue weighted by molar-refractivity contribution is 0.0946. The normalized spacial score (nSPS) is 10.2. The summed E-state index contributed by atoms with van der Waals surface area (Å²) in [7, 11) is 0. The summed E-state index contributed by atoms with van der Waals surface area (Å²) in [6.45, 7) is 1.10. The Morgan fingerprint density at radius 1 is 0.833 bits per heavy atom. The van der Waals surface area contributed by atoms with Crippen LogP contribution in [0.2, 0.25) is 0 Å². The van der Waals surface area contributed by atoms with Crippen LogP contribution < -0.4 is 10.6 Å². The topological polar surface area (TPSA) is 79.8 Å². The average Bonchev–Trinajstić information content (AvgIpc) is 2.66. The molecule has 0 aromatic carbocycles. The van der Waals surface area contributed by atoms with Crippen LogP contribution in [0.4, 0.5) is 5.69 Å². The number of nitrogens with zero attached hydrogens (tertiary/aromatic N) is 3. The van der Waals surface area contributed by atoms with Gasteiger partial charge in [0.05, 0.1) is 0 Å². The van der Waals surface area contributed by atoms with Crippen molar-refractivity contribution >= 4 is 11.6 Å². The summed E-state index contributed by atoms with van der Waals surface area (Å²) in [6, 6.07) is 11.2. The maximum atomic E-state index is 12.2. The minimum absolute atomic E-state index is 0.209. The zero-order chi connectivity index (χ0) is 16.6. The van der Waals surface area contributed by atoms with Gasteiger partial charge < -0.3 is 10.6 Å². The van der Waals surface area contributed by atoms with E-state index in [-0.39, 0.29) is 5.91 Å². The summed E-state index contributed by atoms with van der Waals surface area (Å²) in [6.07, 6.45) is 8.52. The van der Waals surface area contributed by atoms with E-state index in [0.717, 1.165) is 16.8 Å². The van der Waals surface area contributed by atoms with Crippen LogP contribution in [-0.4, -0.2) is 20.9 Å². The van der Waals surface area contributed by atoms with E-state index in [1.807, 2.05) is 30.3 Å². The number of carbonyl (C=O) groups is 1. The lowest BCUT2D eigenvalue weighted by Gasteiger charge is -2.08. The Hall–Kier alpha value is -3.28. The summed E-state index contributed by atoms with van der Waals surface area (Å²) in [5.41, 5.74) is 3.33. The predicted molar refractivity (Wildman–Crippen MR) is 91.2 cm³/mol. The largest absolute Gasteiger partial charge is 0.381 e. The van der Waals surface area contributed by atoms with E-state index in [1.165, 1.54) is 0 Å². The minimum Gasteiger partial charge on any atom is -0.381 e. The van der Waals surface area contributed by atoms with Crippen LogP contribution in [0.3, 0.4) is 0 Å². The molecular formula is C18H17N5O. The predicted octanol–water partition coefficient (Wildman–Crippen LogP) is 2.41. The fourth-order valence-corrected chi connectivity index (χ4v) is 2.14. The molecule has 0 unspecified atom stereocenters. The summed E-state index contributed by atoms with van der Waals surface area (Å²) in [5.74, 6) is -0.209. The first-order valence-corrected chi connectivity index (χ1v) is 7.57. The van der Waals surface area contributed by atoms with Gasteiger partial charge in [-0.1, -0.05) is 0 Å². The lowest BCUT2D eigenvalue weighted by Crippen LogP contribution is -2.23. The molecule has 0 aliphatic carbocycles. The van der Waals surface area contributed by atoms with E-state index >= 15 is 0 Å². The molecule has 0 fully saturated rings. The first-order valence-electron chi connectivity index (χ1n) is 7.57. The molecule has 0 aliphatic heterocycles. The van der Waals surface area contributed by atoms with Gasteiger partial charge in [0.25, 0.3) is 5.91 Å². The number of rotatable bonds is 6. The van der Waals surface area contributed by atoms with Crippen LogP contribution in [0.1, 0.15) is 21.6 Å². The second-order valence-corrected chi connectivity index (χ2v) is 5.18. The third-order valence-electron chi connectivity index (χ3n) is 3.44. The van der Waals surface area contributed by atoms with Gasteiger partial charge in [-0.15, -0.1) is 0 Å². The summed E-state index contributed by atoms with van der Waals surface area (Å²) >= 11 is 0. The maximum Gasteiger partial charge on any atom is 0.270 e. The van der Waals surface area contributed by atoms with E-state index in [4.69, 9.17) is 0 Å². The standard InChI is InChI=1S/C18H17N5O/c24-18(23-13-15-3-8-20-9-4-15)17-11-16(5-10-21-17)22-12-14-1-6-19-7-2-14/h1-11H,12-13H2,(H,21,22)(H,23,24). The fraction of sp³-hybridized carbons (Fsp3) is 0.111. The van der Waals surface area contributed by atoms with Gasteiger partial charge in [-0.2, -0.15) is 0 Å². The molecular weight excluding hydrogens is 302 g/mol.